The molecule has 18 heavy (non-hydrogen) atoms. The summed E-state index contributed by atoms with van der Waals surface area (Å²) >= 11 is 0. The molecule has 1 unspecified atom stereocenters. The first-order valence-electron chi connectivity index (χ1n) is 6.17. The first-order chi connectivity index (χ1) is 7.92. The van der Waals surface area contributed by atoms with Crippen molar-refractivity contribution in [2.75, 3.05) is 18.8 Å². The van der Waals surface area contributed by atoms with Crippen LogP contribution in [0, 0.1) is 5.92 Å². The van der Waals surface area contributed by atoms with Crippen molar-refractivity contribution >= 4 is 39.8 Å². The van der Waals surface area contributed by atoms with E-state index in [1.54, 1.807) is 0 Å². The van der Waals surface area contributed by atoms with Crippen molar-refractivity contribution in [3.63, 3.8) is 0 Å². The van der Waals surface area contributed by atoms with E-state index in [9.17, 15) is 8.42 Å². The second-order valence-corrected chi connectivity index (χ2v) is 7.37. The van der Waals surface area contributed by atoms with Gasteiger partial charge in [-0.25, -0.2) is 8.42 Å². The number of sulfone groups is 1. The zero-order chi connectivity index (χ0) is 12.9. The summed E-state index contributed by atoms with van der Waals surface area (Å²) in [5, 5.41) is 2.67. The third-order valence-electron chi connectivity index (χ3n) is 2.96. The number of nitrogens with one attached hydrogen (secondary N) is 1. The van der Waals surface area contributed by atoms with Crippen molar-refractivity contribution in [2.45, 2.75) is 38.4 Å². The second-order valence-electron chi connectivity index (χ2n) is 4.97. The van der Waals surface area contributed by atoms with Crippen LogP contribution in [0.4, 0.5) is 0 Å². The Morgan fingerprint density at radius 1 is 1.50 bits per heavy atom. The van der Waals surface area contributed by atoms with Crippen LogP contribution in [0.5, 0.6) is 0 Å². The minimum Gasteiger partial charge on any atom is -0.370 e. The lowest BCUT2D eigenvalue weighted by molar-refractivity contribution is 0.576. The molecule has 0 aromatic rings. The Morgan fingerprint density at radius 2 is 2.17 bits per heavy atom. The zero-order valence-corrected chi connectivity index (χ0v) is 14.2. The fourth-order valence-corrected chi connectivity index (χ4v) is 3.54. The lowest BCUT2D eigenvalue weighted by Gasteiger charge is -2.09. The summed E-state index contributed by atoms with van der Waals surface area (Å²) in [6.07, 6.45) is 2.49. The number of nitrogens with zero attached hydrogens (tertiary/aromatic N) is 1. The maximum Gasteiger partial charge on any atom is 0.188 e. The Balaban J connectivity index is 0.00000289. The third kappa shape index (κ3) is 6.21. The number of aliphatic imine (C=N–C) groups is 1. The molecule has 0 amide bonds. The molecule has 7 heteroatoms. The standard InChI is InChI=1S/C11H23N3O2S.HI/c1-9(2)5-6-13-11(12)14-8-10-4-3-7-17(10,15)16;/h9-10H,3-8H2,1-2H3,(H3,12,13,14);1H. The quantitative estimate of drug-likeness (QED) is 0.420. The predicted molar refractivity (Wildman–Crippen MR) is 86.2 cm³/mol. The van der Waals surface area contributed by atoms with Gasteiger partial charge < -0.3 is 11.1 Å². The molecule has 0 aromatic carbocycles. The van der Waals surface area contributed by atoms with Crippen LogP contribution in [0.25, 0.3) is 0 Å². The van der Waals surface area contributed by atoms with Gasteiger partial charge in [0.2, 0.25) is 0 Å². The summed E-state index contributed by atoms with van der Waals surface area (Å²) in [7, 11) is -2.91. The highest BCUT2D eigenvalue weighted by molar-refractivity contribution is 14.0. The van der Waals surface area contributed by atoms with Crippen LogP contribution >= 0.6 is 24.0 Å². The SMILES string of the molecule is CC(C)CCNC(N)=NCC1CCCS1(=O)=O.I. The van der Waals surface area contributed by atoms with Crippen molar-refractivity contribution in [3.8, 4) is 0 Å². The molecule has 1 saturated heterocycles. The first kappa shape index (κ1) is 17.9. The van der Waals surface area contributed by atoms with Gasteiger partial charge in [0, 0.05) is 6.54 Å². The third-order valence-corrected chi connectivity index (χ3v) is 5.21. The summed E-state index contributed by atoms with van der Waals surface area (Å²) in [5.74, 6) is 1.27. The van der Waals surface area contributed by atoms with Gasteiger partial charge in [0.1, 0.15) is 0 Å². The smallest absolute Gasteiger partial charge is 0.188 e. The topological polar surface area (TPSA) is 84.5 Å². The molecule has 0 saturated carbocycles. The summed E-state index contributed by atoms with van der Waals surface area (Å²) < 4.78 is 23.1. The van der Waals surface area contributed by atoms with Crippen LogP contribution in [0.3, 0.4) is 0 Å². The van der Waals surface area contributed by atoms with Gasteiger partial charge in [0.25, 0.3) is 0 Å². The lowest BCUT2D eigenvalue weighted by atomic mass is 10.1. The fraction of sp³-hybridized carbons (Fsp3) is 0.909. The molecule has 108 valence electrons. The van der Waals surface area contributed by atoms with Gasteiger partial charge in [-0.05, 0) is 25.2 Å². The van der Waals surface area contributed by atoms with Crippen LogP contribution in [-0.2, 0) is 9.84 Å². The predicted octanol–water partition coefficient (Wildman–Crippen LogP) is 1.13. The monoisotopic (exact) mass is 389 g/mol. The summed E-state index contributed by atoms with van der Waals surface area (Å²) in [5.41, 5.74) is 5.67. The zero-order valence-electron chi connectivity index (χ0n) is 11.1. The van der Waals surface area contributed by atoms with E-state index in [1.165, 1.54) is 0 Å². The van der Waals surface area contributed by atoms with Crippen molar-refractivity contribution in [2.24, 2.45) is 16.6 Å². The van der Waals surface area contributed by atoms with Gasteiger partial charge >= 0.3 is 0 Å². The Hall–Kier alpha value is -0.0500. The van der Waals surface area contributed by atoms with Crippen LogP contribution in [0.15, 0.2) is 4.99 Å². The maximum absolute atomic E-state index is 11.5. The van der Waals surface area contributed by atoms with Gasteiger partial charge in [-0.2, -0.15) is 0 Å². The van der Waals surface area contributed by atoms with Gasteiger partial charge in [0.05, 0.1) is 17.5 Å². The summed E-state index contributed by atoms with van der Waals surface area (Å²) in [6.45, 7) is 5.35. The van der Waals surface area contributed by atoms with E-state index in [4.69, 9.17) is 5.73 Å². The minimum atomic E-state index is -2.91. The van der Waals surface area contributed by atoms with Crippen LogP contribution in [-0.4, -0.2) is 38.5 Å². The van der Waals surface area contributed by atoms with Crippen LogP contribution < -0.4 is 11.1 Å². The molecule has 1 aliphatic heterocycles. The number of rotatable bonds is 5. The molecule has 1 rings (SSSR count). The van der Waals surface area contributed by atoms with Gasteiger partial charge in [-0.1, -0.05) is 13.8 Å². The average molecular weight is 389 g/mol. The number of halogens is 1. The highest BCUT2D eigenvalue weighted by atomic mass is 127. The largest absolute Gasteiger partial charge is 0.370 e. The molecule has 1 fully saturated rings. The molecule has 1 atom stereocenters. The normalized spacial score (nSPS) is 22.8. The number of hydrogen-bond acceptors (Lipinski definition) is 3. The molecule has 0 radical (unpaired) electrons. The van der Waals surface area contributed by atoms with Crippen molar-refractivity contribution in [1.29, 1.82) is 0 Å². The first-order valence-corrected chi connectivity index (χ1v) is 7.88. The second kappa shape index (κ2) is 8.19. The molecular weight excluding hydrogens is 365 g/mol. The maximum atomic E-state index is 11.5. The highest BCUT2D eigenvalue weighted by Crippen LogP contribution is 2.19. The number of guanidine groups is 1. The van der Waals surface area contributed by atoms with Gasteiger partial charge in [-0.3, -0.25) is 4.99 Å². The van der Waals surface area contributed by atoms with E-state index >= 15 is 0 Å². The number of hydrogen-bond donors (Lipinski definition) is 2. The summed E-state index contributed by atoms with van der Waals surface area (Å²) in [6, 6.07) is 0. The summed E-state index contributed by atoms with van der Waals surface area (Å²) in [4.78, 5) is 4.10. The molecule has 0 bridgehead atoms. The molecule has 3 N–H and O–H groups in total. The Bertz CT molecular complexity index is 368. The van der Waals surface area contributed by atoms with Crippen molar-refractivity contribution in [1.82, 2.24) is 5.32 Å². The van der Waals surface area contributed by atoms with E-state index in [-0.39, 0.29) is 29.2 Å². The molecular formula is C11H24IN3O2S. The van der Waals surface area contributed by atoms with Gasteiger partial charge in [-0.15, -0.1) is 24.0 Å². The molecule has 0 spiro atoms. The van der Waals surface area contributed by atoms with Crippen LogP contribution in [0.1, 0.15) is 33.1 Å². The van der Waals surface area contributed by atoms with E-state index in [0.717, 1.165) is 19.4 Å². The van der Waals surface area contributed by atoms with Crippen LogP contribution in [0.2, 0.25) is 0 Å². The lowest BCUT2D eigenvalue weighted by Crippen LogP contribution is -2.34. The molecule has 1 heterocycles. The van der Waals surface area contributed by atoms with E-state index in [1.807, 2.05) is 0 Å². The highest BCUT2D eigenvalue weighted by Gasteiger charge is 2.30. The van der Waals surface area contributed by atoms with E-state index in [0.29, 0.717) is 30.6 Å². The van der Waals surface area contributed by atoms with E-state index < -0.39 is 9.84 Å². The van der Waals surface area contributed by atoms with Crippen molar-refractivity contribution in [3.05, 3.63) is 0 Å². The molecule has 0 aromatic heterocycles. The molecule has 0 aliphatic carbocycles. The molecule has 1 aliphatic rings. The van der Waals surface area contributed by atoms with E-state index in [2.05, 4.69) is 24.2 Å². The Labute approximate surface area is 127 Å². The Morgan fingerprint density at radius 3 is 2.67 bits per heavy atom. The molecule has 5 nitrogen and oxygen atoms in total. The van der Waals surface area contributed by atoms with Gasteiger partial charge in [0.15, 0.2) is 15.8 Å². The van der Waals surface area contributed by atoms with Crippen molar-refractivity contribution < 1.29 is 8.42 Å². The number of nitrogens with two attached hydrogens (primary N) is 1. The minimum absolute atomic E-state index is 0. The fourth-order valence-electron chi connectivity index (χ4n) is 1.81. The average Bonchev–Trinajstić information content (AvgIpc) is 2.54. The Kier molecular flexibility index (Phi) is 8.16.